The fourth-order valence-electron chi connectivity index (χ4n) is 3.50. The summed E-state index contributed by atoms with van der Waals surface area (Å²) in [5, 5.41) is 9.99. The van der Waals surface area contributed by atoms with E-state index in [2.05, 4.69) is 4.98 Å². The number of aromatic nitrogens is 1. The van der Waals surface area contributed by atoms with E-state index in [1.807, 2.05) is 6.07 Å². The lowest BCUT2D eigenvalue weighted by molar-refractivity contribution is 0.0696. The molecule has 0 radical (unpaired) electrons. The largest absolute Gasteiger partial charge is 0.493 e. The second-order valence-electron chi connectivity index (χ2n) is 7.15. The monoisotopic (exact) mass is 434 g/mol. The molecule has 0 aliphatic heterocycles. The van der Waals surface area contributed by atoms with Gasteiger partial charge >= 0.3 is 5.97 Å². The van der Waals surface area contributed by atoms with Gasteiger partial charge in [-0.3, -0.25) is 9.78 Å². The van der Waals surface area contributed by atoms with Crippen molar-refractivity contribution in [1.82, 2.24) is 4.98 Å². The van der Waals surface area contributed by atoms with E-state index in [0.717, 1.165) is 11.6 Å². The Balaban J connectivity index is 1.96. The van der Waals surface area contributed by atoms with Crippen LogP contribution in [-0.2, 0) is 6.54 Å². The zero-order valence-electron chi connectivity index (χ0n) is 17.3. The number of furan rings is 1. The van der Waals surface area contributed by atoms with Gasteiger partial charge in [0.25, 0.3) is 0 Å². The molecule has 0 spiro atoms. The maximum atomic E-state index is 14.4. The number of halogens is 1. The van der Waals surface area contributed by atoms with Crippen molar-refractivity contribution in [3.63, 3.8) is 0 Å². The summed E-state index contributed by atoms with van der Waals surface area (Å²) in [4.78, 5) is 29.4. The van der Waals surface area contributed by atoms with Crippen LogP contribution in [0.25, 0.3) is 11.0 Å². The van der Waals surface area contributed by atoms with Crippen LogP contribution in [0, 0.1) is 5.82 Å². The first-order valence-electron chi connectivity index (χ1n) is 9.69. The molecule has 1 N–H and O–H groups in total. The second-order valence-corrected chi connectivity index (χ2v) is 7.15. The standard InChI is InChI=1S/C24H19FN2O5/c1-14(28)22-11-19-20(5-6-21(31-2)23(19)32-22)27(13-15-4-3-7-26-12-15)18-9-16(24(29)30)8-17(25)10-18/h3-12H,13H2,1-2H3,(H,29,30). The smallest absolute Gasteiger partial charge is 0.335 e. The Hall–Kier alpha value is -4.20. The van der Waals surface area contributed by atoms with Gasteiger partial charge in [-0.05, 0) is 48.0 Å². The highest BCUT2D eigenvalue weighted by molar-refractivity contribution is 6.03. The second kappa shape index (κ2) is 8.50. The molecular weight excluding hydrogens is 415 g/mol. The van der Waals surface area contributed by atoms with Crippen LogP contribution < -0.4 is 9.64 Å². The molecule has 0 atom stereocenters. The number of carboxylic acid groups (broad SMARTS) is 1. The number of carboxylic acids is 1. The van der Waals surface area contributed by atoms with E-state index in [1.165, 1.54) is 26.2 Å². The Morgan fingerprint density at radius 1 is 1.19 bits per heavy atom. The van der Waals surface area contributed by atoms with Crippen LogP contribution in [0.4, 0.5) is 15.8 Å². The number of fused-ring (bicyclic) bond motifs is 1. The number of hydrogen-bond donors (Lipinski definition) is 1. The topological polar surface area (TPSA) is 92.9 Å². The van der Waals surface area contributed by atoms with Gasteiger partial charge in [-0.15, -0.1) is 0 Å². The molecule has 0 fully saturated rings. The molecule has 2 aromatic carbocycles. The average Bonchev–Trinajstić information content (AvgIpc) is 3.23. The third-order valence-corrected chi connectivity index (χ3v) is 4.99. The van der Waals surface area contributed by atoms with Gasteiger partial charge in [-0.25, -0.2) is 9.18 Å². The van der Waals surface area contributed by atoms with Crippen molar-refractivity contribution in [2.24, 2.45) is 0 Å². The first-order valence-corrected chi connectivity index (χ1v) is 9.69. The molecule has 0 aliphatic rings. The van der Waals surface area contributed by atoms with Crippen LogP contribution in [0.1, 0.15) is 33.4 Å². The first-order chi connectivity index (χ1) is 15.4. The molecule has 2 heterocycles. The molecule has 0 aliphatic carbocycles. The summed E-state index contributed by atoms with van der Waals surface area (Å²) in [7, 11) is 1.49. The number of carbonyl (C=O) groups is 2. The summed E-state index contributed by atoms with van der Waals surface area (Å²) in [5.41, 5.74) is 1.90. The molecule has 0 saturated heterocycles. The normalized spacial score (nSPS) is 10.8. The maximum absolute atomic E-state index is 14.4. The molecule has 8 heteroatoms. The van der Waals surface area contributed by atoms with Crippen LogP contribution in [0.5, 0.6) is 5.75 Å². The average molecular weight is 434 g/mol. The van der Waals surface area contributed by atoms with E-state index in [4.69, 9.17) is 9.15 Å². The Kier molecular flexibility index (Phi) is 5.59. The molecule has 4 aromatic rings. The highest BCUT2D eigenvalue weighted by Gasteiger charge is 2.21. The Morgan fingerprint density at radius 3 is 2.66 bits per heavy atom. The number of ketones is 1. The highest BCUT2D eigenvalue weighted by atomic mass is 19.1. The summed E-state index contributed by atoms with van der Waals surface area (Å²) >= 11 is 0. The highest BCUT2D eigenvalue weighted by Crippen LogP contribution is 2.40. The van der Waals surface area contributed by atoms with Crippen LogP contribution in [-0.4, -0.2) is 29.0 Å². The number of rotatable bonds is 7. The molecule has 0 unspecified atom stereocenters. The number of aromatic carboxylic acids is 1. The number of anilines is 2. The van der Waals surface area contributed by atoms with Gasteiger partial charge in [0.1, 0.15) is 5.82 Å². The molecule has 0 amide bonds. The zero-order valence-corrected chi connectivity index (χ0v) is 17.3. The van der Waals surface area contributed by atoms with Gasteiger partial charge in [0.05, 0.1) is 18.4 Å². The van der Waals surface area contributed by atoms with Crippen molar-refractivity contribution < 1.29 is 28.2 Å². The minimum atomic E-state index is -1.24. The van der Waals surface area contributed by atoms with Gasteiger partial charge in [-0.1, -0.05) is 6.07 Å². The number of benzene rings is 2. The van der Waals surface area contributed by atoms with E-state index in [9.17, 15) is 19.1 Å². The summed E-state index contributed by atoms with van der Waals surface area (Å²) in [6, 6.07) is 12.3. The van der Waals surface area contributed by atoms with Crippen LogP contribution >= 0.6 is 0 Å². The summed E-state index contributed by atoms with van der Waals surface area (Å²) in [6.45, 7) is 1.65. The van der Waals surface area contributed by atoms with E-state index >= 15 is 0 Å². The van der Waals surface area contributed by atoms with E-state index < -0.39 is 11.8 Å². The Bertz CT molecular complexity index is 1320. The number of nitrogens with zero attached hydrogens (tertiary/aromatic N) is 2. The lowest BCUT2D eigenvalue weighted by atomic mass is 10.1. The van der Waals surface area contributed by atoms with E-state index in [0.29, 0.717) is 28.1 Å². The number of pyridine rings is 1. The molecule has 0 bridgehead atoms. The predicted octanol–water partition coefficient (Wildman–Crippen LogP) is 5.21. The van der Waals surface area contributed by atoms with Gasteiger partial charge in [0.15, 0.2) is 22.9 Å². The minimum absolute atomic E-state index is 0.151. The number of hydrogen-bond acceptors (Lipinski definition) is 6. The van der Waals surface area contributed by atoms with E-state index in [1.54, 1.807) is 41.6 Å². The molecule has 32 heavy (non-hydrogen) atoms. The van der Waals surface area contributed by atoms with Gasteiger partial charge in [0.2, 0.25) is 0 Å². The van der Waals surface area contributed by atoms with Crippen molar-refractivity contribution in [2.75, 3.05) is 12.0 Å². The third kappa shape index (κ3) is 4.02. The van der Waals surface area contributed by atoms with Crippen molar-refractivity contribution in [3.05, 3.63) is 83.6 Å². The molecular formula is C24H19FN2O5. The SMILES string of the molecule is COc1ccc(N(Cc2cccnc2)c2cc(F)cc(C(=O)O)c2)c2cc(C(C)=O)oc12. The van der Waals surface area contributed by atoms with Gasteiger partial charge in [0, 0.05) is 36.9 Å². The Labute approximate surface area is 182 Å². The van der Waals surface area contributed by atoms with Crippen LogP contribution in [0.15, 0.2) is 65.3 Å². The van der Waals surface area contributed by atoms with Crippen LogP contribution in [0.2, 0.25) is 0 Å². The first kappa shape index (κ1) is 21.0. The lowest BCUT2D eigenvalue weighted by Gasteiger charge is -2.26. The van der Waals surface area contributed by atoms with Crippen molar-refractivity contribution in [2.45, 2.75) is 13.5 Å². The quantitative estimate of drug-likeness (QED) is 0.399. The van der Waals surface area contributed by atoms with Crippen molar-refractivity contribution >= 4 is 34.1 Å². The summed E-state index contributed by atoms with van der Waals surface area (Å²) in [5.74, 6) is -1.60. The van der Waals surface area contributed by atoms with Crippen molar-refractivity contribution in [3.8, 4) is 5.75 Å². The molecule has 0 saturated carbocycles. The number of carbonyl (C=O) groups excluding carboxylic acids is 1. The zero-order chi connectivity index (χ0) is 22.8. The van der Waals surface area contributed by atoms with Gasteiger partial charge < -0.3 is 19.2 Å². The minimum Gasteiger partial charge on any atom is -0.493 e. The van der Waals surface area contributed by atoms with Crippen molar-refractivity contribution in [1.29, 1.82) is 0 Å². The summed E-state index contributed by atoms with van der Waals surface area (Å²) < 4.78 is 25.5. The molecule has 4 rings (SSSR count). The summed E-state index contributed by atoms with van der Waals surface area (Å²) in [6.07, 6.45) is 3.31. The molecule has 162 valence electrons. The fourth-order valence-corrected chi connectivity index (χ4v) is 3.50. The fraction of sp³-hybridized carbons (Fsp3) is 0.125. The number of ether oxygens (including phenoxy) is 1. The lowest BCUT2D eigenvalue weighted by Crippen LogP contribution is -2.18. The predicted molar refractivity (Wildman–Crippen MR) is 116 cm³/mol. The molecule has 7 nitrogen and oxygen atoms in total. The third-order valence-electron chi connectivity index (χ3n) is 4.99. The van der Waals surface area contributed by atoms with E-state index in [-0.39, 0.29) is 23.7 Å². The molecule has 2 aromatic heterocycles. The number of methoxy groups -OCH3 is 1. The van der Waals surface area contributed by atoms with Crippen LogP contribution in [0.3, 0.4) is 0 Å². The van der Waals surface area contributed by atoms with Gasteiger partial charge in [-0.2, -0.15) is 0 Å². The maximum Gasteiger partial charge on any atom is 0.335 e. The number of Topliss-reactive ketones (excluding diaryl/α,β-unsaturated/α-hetero) is 1. The Morgan fingerprint density at radius 2 is 2.00 bits per heavy atom.